The van der Waals surface area contributed by atoms with E-state index >= 15 is 0 Å². The van der Waals surface area contributed by atoms with Crippen LogP contribution in [0.2, 0.25) is 0 Å². The Hall–Kier alpha value is -1.86. The summed E-state index contributed by atoms with van der Waals surface area (Å²) >= 11 is 0. The van der Waals surface area contributed by atoms with Crippen LogP contribution in [-0.4, -0.2) is 99.6 Å². The number of unbranched alkanes of at least 4 members (excludes halogenated alkanes) is 39. The first-order valence-electron chi connectivity index (χ1n) is 32.1. The average molecular weight is 1060 g/mol. The molecule has 1 fully saturated rings. The van der Waals surface area contributed by atoms with Crippen molar-refractivity contribution < 1.29 is 49.3 Å². The SMILES string of the molecule is CCCCCCCC/C=C/CCCCCCCCCCCCCCCC(=O)OC1C(OCC(NC(=O)C(O)CCCCCCCCCCCC)C(O)/C=C/CCCCCCCCCCCCC)OC(CO)C(O)C1O. The molecule has 442 valence electrons. The number of rotatable bonds is 55. The highest BCUT2D eigenvalue weighted by molar-refractivity contribution is 5.80. The van der Waals surface area contributed by atoms with E-state index in [1.54, 1.807) is 6.08 Å². The van der Waals surface area contributed by atoms with E-state index in [9.17, 15) is 35.1 Å². The van der Waals surface area contributed by atoms with Gasteiger partial charge in [-0.05, 0) is 51.4 Å². The van der Waals surface area contributed by atoms with E-state index in [1.807, 2.05) is 6.08 Å². The summed E-state index contributed by atoms with van der Waals surface area (Å²) in [6.45, 7) is 5.80. The van der Waals surface area contributed by atoms with Crippen LogP contribution >= 0.6 is 0 Å². The number of amides is 1. The first kappa shape index (κ1) is 71.2. The number of ether oxygens (including phenoxy) is 3. The Morgan fingerprint density at radius 2 is 0.880 bits per heavy atom. The third-order valence-corrected chi connectivity index (χ3v) is 15.4. The molecule has 0 saturated carbocycles. The Kier molecular flexibility index (Phi) is 50.1. The zero-order valence-electron chi connectivity index (χ0n) is 48.9. The molecule has 1 aliphatic heterocycles. The maximum atomic E-state index is 13.4. The van der Waals surface area contributed by atoms with Crippen LogP contribution in [0.4, 0.5) is 0 Å². The van der Waals surface area contributed by atoms with Crippen molar-refractivity contribution in [1.82, 2.24) is 5.32 Å². The van der Waals surface area contributed by atoms with Gasteiger partial charge >= 0.3 is 5.97 Å². The Balaban J connectivity index is 2.58. The molecule has 0 aromatic carbocycles. The minimum Gasteiger partial charge on any atom is -0.454 e. The van der Waals surface area contributed by atoms with E-state index < -0.39 is 67.4 Å². The van der Waals surface area contributed by atoms with Crippen LogP contribution in [0.15, 0.2) is 24.3 Å². The van der Waals surface area contributed by atoms with Gasteiger partial charge < -0.3 is 45.1 Å². The minimum absolute atomic E-state index is 0.128. The minimum atomic E-state index is -1.61. The fraction of sp³-hybridized carbons (Fsp3) is 0.906. The largest absolute Gasteiger partial charge is 0.454 e. The van der Waals surface area contributed by atoms with Gasteiger partial charge in [-0.2, -0.15) is 0 Å². The van der Waals surface area contributed by atoms with E-state index in [0.717, 1.165) is 57.8 Å². The highest BCUT2D eigenvalue weighted by atomic mass is 16.7. The molecule has 1 amide bonds. The number of hydrogen-bond donors (Lipinski definition) is 6. The molecule has 8 unspecified atom stereocenters. The van der Waals surface area contributed by atoms with Gasteiger partial charge in [0.25, 0.3) is 0 Å². The van der Waals surface area contributed by atoms with Gasteiger partial charge in [0.2, 0.25) is 5.91 Å². The van der Waals surface area contributed by atoms with E-state index in [0.29, 0.717) is 19.3 Å². The molecular weight excluding hydrogens is 943 g/mol. The Morgan fingerprint density at radius 3 is 1.29 bits per heavy atom. The molecule has 0 spiro atoms. The molecule has 6 N–H and O–H groups in total. The zero-order valence-corrected chi connectivity index (χ0v) is 48.9. The third-order valence-electron chi connectivity index (χ3n) is 15.4. The molecule has 1 heterocycles. The number of allylic oxidation sites excluding steroid dienone is 3. The molecule has 75 heavy (non-hydrogen) atoms. The Morgan fingerprint density at radius 1 is 0.507 bits per heavy atom. The first-order chi connectivity index (χ1) is 36.7. The number of carbonyl (C=O) groups excluding carboxylic acids is 2. The normalized spacial score (nSPS) is 19.3. The van der Waals surface area contributed by atoms with Crippen LogP contribution in [0.25, 0.3) is 0 Å². The molecule has 8 atom stereocenters. The summed E-state index contributed by atoms with van der Waals surface area (Å²) in [5.74, 6) is -1.18. The summed E-state index contributed by atoms with van der Waals surface area (Å²) in [6, 6.07) is -1.02. The molecule has 1 aliphatic rings. The number of hydrogen-bond acceptors (Lipinski definition) is 10. The molecular formula is C64H121NO10. The second-order valence-electron chi connectivity index (χ2n) is 22.5. The second kappa shape index (κ2) is 52.8. The van der Waals surface area contributed by atoms with Gasteiger partial charge in [-0.3, -0.25) is 9.59 Å². The summed E-state index contributed by atoms with van der Waals surface area (Å²) in [7, 11) is 0. The predicted molar refractivity (Wildman–Crippen MR) is 311 cm³/mol. The van der Waals surface area contributed by atoms with Gasteiger partial charge in [0.1, 0.15) is 24.4 Å². The summed E-state index contributed by atoms with van der Waals surface area (Å²) in [6.07, 6.45) is 50.9. The van der Waals surface area contributed by atoms with Gasteiger partial charge in [-0.1, -0.05) is 276 Å². The van der Waals surface area contributed by atoms with Crippen molar-refractivity contribution in [3.8, 4) is 0 Å². The molecule has 11 heteroatoms. The molecule has 1 rings (SSSR count). The highest BCUT2D eigenvalue weighted by Gasteiger charge is 2.47. The van der Waals surface area contributed by atoms with Crippen LogP contribution in [0.1, 0.15) is 310 Å². The van der Waals surface area contributed by atoms with Gasteiger partial charge in [0.05, 0.1) is 25.4 Å². The number of aliphatic hydroxyl groups is 5. The first-order valence-corrected chi connectivity index (χ1v) is 32.1. The Labute approximate surface area is 461 Å². The average Bonchev–Trinajstić information content (AvgIpc) is 3.41. The topological polar surface area (TPSA) is 175 Å². The third kappa shape index (κ3) is 40.9. The fourth-order valence-corrected chi connectivity index (χ4v) is 10.2. The lowest BCUT2D eigenvalue weighted by atomic mass is 9.99. The van der Waals surface area contributed by atoms with Crippen LogP contribution in [0, 0.1) is 0 Å². The standard InChI is InChI=1S/C64H121NO10/c1-4-7-10-13-16-19-22-24-25-26-27-28-29-30-31-32-33-35-37-40-43-46-49-52-59(69)75-62-61(71)60(70)58(53-66)74-64(62)73-54-55(56(67)50-47-44-41-39-36-34-23-20-17-14-11-8-5-2)65-63(72)57(68)51-48-45-42-38-21-18-15-12-9-6-3/h24-25,47,50,55-58,60-62,64,66-68,70-71H,4-23,26-46,48-49,51-54H2,1-3H3,(H,65,72)/b25-24+,50-47+. The van der Waals surface area contributed by atoms with E-state index in [4.69, 9.17) is 14.2 Å². The van der Waals surface area contributed by atoms with E-state index in [1.165, 1.54) is 205 Å². The van der Waals surface area contributed by atoms with Gasteiger partial charge in [-0.15, -0.1) is 0 Å². The number of carbonyl (C=O) groups is 2. The molecule has 0 aromatic heterocycles. The maximum Gasteiger partial charge on any atom is 0.306 e. The number of aliphatic hydroxyl groups excluding tert-OH is 5. The molecule has 11 nitrogen and oxygen atoms in total. The van der Waals surface area contributed by atoms with E-state index in [2.05, 4.69) is 38.2 Å². The Bertz CT molecular complexity index is 1310. The van der Waals surface area contributed by atoms with Crippen molar-refractivity contribution in [1.29, 1.82) is 0 Å². The van der Waals surface area contributed by atoms with Gasteiger partial charge in [-0.25, -0.2) is 0 Å². The zero-order chi connectivity index (χ0) is 54.7. The van der Waals surface area contributed by atoms with Crippen LogP contribution in [0.3, 0.4) is 0 Å². The van der Waals surface area contributed by atoms with Crippen LogP contribution < -0.4 is 5.32 Å². The summed E-state index contributed by atoms with van der Waals surface area (Å²) < 4.78 is 17.6. The molecule has 0 aromatic rings. The van der Waals surface area contributed by atoms with Crippen molar-refractivity contribution in [3.63, 3.8) is 0 Å². The molecule has 0 radical (unpaired) electrons. The van der Waals surface area contributed by atoms with Crippen molar-refractivity contribution in [3.05, 3.63) is 24.3 Å². The number of nitrogens with one attached hydrogen (secondary N) is 1. The molecule has 0 bridgehead atoms. The van der Waals surface area contributed by atoms with Crippen molar-refractivity contribution >= 4 is 11.9 Å². The summed E-state index contributed by atoms with van der Waals surface area (Å²) in [5.41, 5.74) is 0. The lowest BCUT2D eigenvalue weighted by molar-refractivity contribution is -0.305. The number of esters is 1. The summed E-state index contributed by atoms with van der Waals surface area (Å²) in [5, 5.41) is 56.9. The van der Waals surface area contributed by atoms with Crippen molar-refractivity contribution in [2.24, 2.45) is 0 Å². The fourth-order valence-electron chi connectivity index (χ4n) is 10.2. The summed E-state index contributed by atoms with van der Waals surface area (Å²) in [4.78, 5) is 26.5. The monoisotopic (exact) mass is 1060 g/mol. The molecule has 1 saturated heterocycles. The lowest BCUT2D eigenvalue weighted by Crippen LogP contribution is -2.61. The van der Waals surface area contributed by atoms with Crippen molar-refractivity contribution in [2.45, 2.75) is 359 Å². The van der Waals surface area contributed by atoms with Crippen LogP contribution in [-0.2, 0) is 23.8 Å². The van der Waals surface area contributed by atoms with E-state index in [-0.39, 0.29) is 13.0 Å². The predicted octanol–water partition coefficient (Wildman–Crippen LogP) is 15.3. The second-order valence-corrected chi connectivity index (χ2v) is 22.5. The lowest BCUT2D eigenvalue weighted by Gasteiger charge is -2.41. The smallest absolute Gasteiger partial charge is 0.306 e. The molecule has 0 aliphatic carbocycles. The van der Waals surface area contributed by atoms with Crippen LogP contribution in [0.5, 0.6) is 0 Å². The highest BCUT2D eigenvalue weighted by Crippen LogP contribution is 2.26. The van der Waals surface area contributed by atoms with Gasteiger partial charge in [0.15, 0.2) is 12.4 Å². The maximum absolute atomic E-state index is 13.4. The van der Waals surface area contributed by atoms with Gasteiger partial charge in [0, 0.05) is 6.42 Å². The van der Waals surface area contributed by atoms with Crippen molar-refractivity contribution in [2.75, 3.05) is 13.2 Å². The quantitative estimate of drug-likeness (QED) is 0.0195.